The van der Waals surface area contributed by atoms with Crippen molar-refractivity contribution in [1.82, 2.24) is 0 Å². The summed E-state index contributed by atoms with van der Waals surface area (Å²) in [7, 11) is 0. The maximum atomic E-state index is 2.27. The molecule has 32 heavy (non-hydrogen) atoms. The van der Waals surface area contributed by atoms with Gasteiger partial charge in [-0.1, -0.05) is 0 Å². The predicted octanol–water partition coefficient (Wildman–Crippen LogP) is 3.28. The molecule has 0 aliphatic rings. The van der Waals surface area contributed by atoms with E-state index in [1.807, 2.05) is 0 Å². The minimum absolute atomic E-state index is 0.392. The van der Waals surface area contributed by atoms with E-state index in [9.17, 15) is 0 Å². The monoisotopic (exact) mass is 534 g/mol. The molecule has 0 fully saturated rings. The van der Waals surface area contributed by atoms with E-state index in [0.29, 0.717) is 0 Å². The molecule has 0 heterocycles. The first kappa shape index (κ1) is 22.4. The van der Waals surface area contributed by atoms with Crippen molar-refractivity contribution < 1.29 is 0 Å². The Bertz CT molecular complexity index is 1030. The van der Waals surface area contributed by atoms with Crippen LogP contribution in [0.25, 0.3) is 0 Å². The van der Waals surface area contributed by atoms with Gasteiger partial charge in [0.15, 0.2) is 0 Å². The second kappa shape index (κ2) is 12.3. The molecule has 0 N–H and O–H groups in total. The summed E-state index contributed by atoms with van der Waals surface area (Å²) in [5.74, 6) is 0. The summed E-state index contributed by atoms with van der Waals surface area (Å²) in [4.78, 5) is 0. The Morgan fingerprint density at radius 1 is 0.312 bits per heavy atom. The Morgan fingerprint density at radius 3 is 0.844 bits per heavy atom. The summed E-state index contributed by atoms with van der Waals surface area (Å²) >= 11 is -2.02. The third kappa shape index (κ3) is 6.59. The van der Waals surface area contributed by atoms with Crippen LogP contribution in [0.4, 0.5) is 0 Å². The molecule has 154 valence electrons. The number of hydrogen-bond acceptors (Lipinski definition) is 0. The Hall–Kier alpha value is -2.81. The molecule has 5 rings (SSSR count). The first-order valence-corrected chi connectivity index (χ1v) is 16.5. The van der Waals surface area contributed by atoms with Crippen LogP contribution < -0.4 is 22.0 Å². The number of hydrogen-bond donors (Lipinski definition) is 0. The SMILES string of the molecule is c1cc[c]([GeH][c]2ccccc2)cc1.c1cc[c]([Ge]([c]2ccccc2)[c]2ccccc2)cc1. The normalized spacial score (nSPS) is 10.3. The predicted molar refractivity (Wildman–Crippen MR) is 143 cm³/mol. The minimum atomic E-state index is -1.63. The molecule has 0 bridgehead atoms. The van der Waals surface area contributed by atoms with Gasteiger partial charge in [-0.3, -0.25) is 0 Å². The topological polar surface area (TPSA) is 0 Å². The van der Waals surface area contributed by atoms with Crippen LogP contribution in [0.15, 0.2) is 152 Å². The van der Waals surface area contributed by atoms with E-state index in [0.717, 1.165) is 0 Å². The zero-order valence-electron chi connectivity index (χ0n) is 18.0. The fraction of sp³-hybridized carbons (Fsp3) is 0. The zero-order valence-corrected chi connectivity index (χ0v) is 22.5. The number of rotatable bonds is 5. The van der Waals surface area contributed by atoms with Crippen LogP contribution in [0.3, 0.4) is 0 Å². The molecule has 0 atom stereocenters. The van der Waals surface area contributed by atoms with E-state index in [2.05, 4.69) is 152 Å². The van der Waals surface area contributed by atoms with Crippen LogP contribution in [0, 0.1) is 0 Å². The van der Waals surface area contributed by atoms with Crippen molar-refractivity contribution in [3.8, 4) is 0 Å². The molecule has 5 aromatic rings. The van der Waals surface area contributed by atoms with Gasteiger partial charge in [-0.05, 0) is 0 Å². The van der Waals surface area contributed by atoms with Crippen molar-refractivity contribution in [1.29, 1.82) is 0 Å². The third-order valence-electron chi connectivity index (χ3n) is 5.12. The summed E-state index contributed by atoms with van der Waals surface area (Å²) in [5.41, 5.74) is 0. The average molecular weight is 532 g/mol. The summed E-state index contributed by atoms with van der Waals surface area (Å²) in [6, 6.07) is 54.3. The first-order valence-electron chi connectivity index (χ1n) is 10.9. The van der Waals surface area contributed by atoms with Gasteiger partial charge in [-0.2, -0.15) is 0 Å². The van der Waals surface area contributed by atoms with E-state index < -0.39 is 29.8 Å². The fourth-order valence-electron chi connectivity index (χ4n) is 3.61. The van der Waals surface area contributed by atoms with Gasteiger partial charge in [0, 0.05) is 0 Å². The van der Waals surface area contributed by atoms with Gasteiger partial charge in [-0.15, -0.1) is 0 Å². The number of benzene rings is 5. The van der Waals surface area contributed by atoms with Crippen LogP contribution >= 0.6 is 0 Å². The Kier molecular flexibility index (Phi) is 8.59. The molecule has 0 amide bonds. The van der Waals surface area contributed by atoms with Crippen LogP contribution in [0.1, 0.15) is 0 Å². The van der Waals surface area contributed by atoms with Crippen LogP contribution in [0.5, 0.6) is 0 Å². The standard InChI is InChI=1S/C18H15Ge.C12H11Ge/c1-4-10-16(11-5-1)19(17-12-6-2-7-13-17)18-14-8-3-9-15-18;1-3-7-11(8-4-1)13-12-9-5-2-6-10-12/h1-15H;1-10,13H. The van der Waals surface area contributed by atoms with Crippen molar-refractivity contribution in [2.75, 3.05) is 0 Å². The van der Waals surface area contributed by atoms with Gasteiger partial charge in [0.05, 0.1) is 0 Å². The van der Waals surface area contributed by atoms with E-state index in [1.54, 1.807) is 0 Å². The maximum absolute atomic E-state index is 2.27. The second-order valence-electron chi connectivity index (χ2n) is 7.44. The molecule has 0 aliphatic carbocycles. The van der Waals surface area contributed by atoms with Crippen LogP contribution in [-0.2, 0) is 0 Å². The van der Waals surface area contributed by atoms with Gasteiger partial charge in [0.2, 0.25) is 0 Å². The van der Waals surface area contributed by atoms with Gasteiger partial charge in [0.1, 0.15) is 0 Å². The van der Waals surface area contributed by atoms with Crippen molar-refractivity contribution in [2.24, 2.45) is 0 Å². The molecule has 0 aromatic heterocycles. The second-order valence-corrected chi connectivity index (χ2v) is 16.0. The van der Waals surface area contributed by atoms with Crippen molar-refractivity contribution >= 4 is 51.8 Å². The van der Waals surface area contributed by atoms with Crippen molar-refractivity contribution in [2.45, 2.75) is 0 Å². The van der Waals surface area contributed by atoms with Crippen molar-refractivity contribution in [3.63, 3.8) is 0 Å². The Labute approximate surface area is 202 Å². The summed E-state index contributed by atoms with van der Waals surface area (Å²) in [5, 5.41) is 0. The Morgan fingerprint density at radius 2 is 0.562 bits per heavy atom. The molecule has 0 spiro atoms. The quantitative estimate of drug-likeness (QED) is 0.306. The molecule has 0 nitrogen and oxygen atoms in total. The fourth-order valence-corrected chi connectivity index (χ4v) is 11.6. The van der Waals surface area contributed by atoms with Crippen LogP contribution in [-0.4, -0.2) is 29.8 Å². The zero-order chi connectivity index (χ0) is 21.8. The van der Waals surface area contributed by atoms with Crippen molar-refractivity contribution in [3.05, 3.63) is 152 Å². The van der Waals surface area contributed by atoms with Gasteiger partial charge in [0.25, 0.3) is 0 Å². The molecule has 0 aliphatic heterocycles. The summed E-state index contributed by atoms with van der Waals surface area (Å²) in [6.45, 7) is 0. The first-order chi connectivity index (χ1) is 15.9. The third-order valence-corrected chi connectivity index (χ3v) is 13.9. The van der Waals surface area contributed by atoms with Gasteiger partial charge < -0.3 is 0 Å². The molecule has 0 saturated heterocycles. The van der Waals surface area contributed by atoms with E-state index >= 15 is 0 Å². The summed E-state index contributed by atoms with van der Waals surface area (Å²) in [6.07, 6.45) is 0. The molecule has 0 unspecified atom stereocenters. The van der Waals surface area contributed by atoms with Crippen LogP contribution in [0.2, 0.25) is 0 Å². The van der Waals surface area contributed by atoms with E-state index in [-0.39, 0.29) is 0 Å². The van der Waals surface area contributed by atoms with Gasteiger partial charge in [-0.25, -0.2) is 0 Å². The van der Waals surface area contributed by atoms with Gasteiger partial charge >= 0.3 is 203 Å². The molecular weight excluding hydrogens is 506 g/mol. The summed E-state index contributed by atoms with van der Waals surface area (Å²) < 4.78 is 7.55. The average Bonchev–Trinajstić information content (AvgIpc) is 2.88. The molecular formula is C30H26Ge2. The molecule has 5 aromatic carbocycles. The van der Waals surface area contributed by atoms with E-state index in [4.69, 9.17) is 0 Å². The van der Waals surface area contributed by atoms with E-state index in [1.165, 1.54) is 22.0 Å². The molecule has 2 radical (unpaired) electrons. The molecule has 0 saturated carbocycles. The molecule has 2 heteroatoms. The Balaban J connectivity index is 0.000000165.